The highest BCUT2D eigenvalue weighted by molar-refractivity contribution is 5.38. The minimum atomic E-state index is -0.788. The predicted molar refractivity (Wildman–Crippen MR) is 35.7 cm³/mol. The second kappa shape index (κ2) is 3.28. The van der Waals surface area contributed by atoms with Gasteiger partial charge in [0.05, 0.1) is 0 Å². The SMILES string of the molecule is CNc1nonc1C(N)NO. The van der Waals surface area contributed by atoms with Gasteiger partial charge in [0.25, 0.3) is 0 Å². The Bertz CT molecular complexity index is 224. The first-order valence-corrected chi connectivity index (χ1v) is 2.95. The zero-order valence-electron chi connectivity index (χ0n) is 5.90. The van der Waals surface area contributed by atoms with Crippen molar-refractivity contribution >= 4 is 5.82 Å². The molecule has 11 heavy (non-hydrogen) atoms. The van der Waals surface area contributed by atoms with Crippen LogP contribution >= 0.6 is 0 Å². The van der Waals surface area contributed by atoms with E-state index in [4.69, 9.17) is 10.9 Å². The van der Waals surface area contributed by atoms with Crippen molar-refractivity contribution in [3.63, 3.8) is 0 Å². The van der Waals surface area contributed by atoms with Gasteiger partial charge in [-0.05, 0) is 10.3 Å². The highest BCUT2D eigenvalue weighted by Gasteiger charge is 2.14. The monoisotopic (exact) mass is 159 g/mol. The van der Waals surface area contributed by atoms with E-state index in [1.807, 2.05) is 5.48 Å². The van der Waals surface area contributed by atoms with Crippen molar-refractivity contribution in [2.45, 2.75) is 6.17 Å². The van der Waals surface area contributed by atoms with Crippen LogP contribution < -0.4 is 16.5 Å². The average Bonchev–Trinajstić information content (AvgIpc) is 2.50. The van der Waals surface area contributed by atoms with Gasteiger partial charge in [-0.25, -0.2) is 4.63 Å². The first kappa shape index (κ1) is 7.92. The van der Waals surface area contributed by atoms with Crippen LogP contribution in [0.2, 0.25) is 0 Å². The topological polar surface area (TPSA) is 109 Å². The highest BCUT2D eigenvalue weighted by Crippen LogP contribution is 2.12. The molecule has 1 aromatic rings. The van der Waals surface area contributed by atoms with E-state index in [9.17, 15) is 0 Å². The van der Waals surface area contributed by atoms with Crippen LogP contribution in [0.25, 0.3) is 0 Å². The van der Waals surface area contributed by atoms with E-state index in [1.165, 1.54) is 0 Å². The van der Waals surface area contributed by atoms with E-state index in [1.54, 1.807) is 7.05 Å². The van der Waals surface area contributed by atoms with Gasteiger partial charge < -0.3 is 16.3 Å². The first-order chi connectivity index (χ1) is 5.29. The van der Waals surface area contributed by atoms with Crippen LogP contribution in [0.3, 0.4) is 0 Å². The van der Waals surface area contributed by atoms with Gasteiger partial charge in [0.2, 0.25) is 0 Å². The van der Waals surface area contributed by atoms with Gasteiger partial charge in [0.1, 0.15) is 6.17 Å². The number of rotatable bonds is 3. The number of hydroxylamine groups is 1. The molecule has 0 bridgehead atoms. The van der Waals surface area contributed by atoms with Crippen LogP contribution in [0, 0.1) is 0 Å². The van der Waals surface area contributed by atoms with Crippen LogP contribution in [-0.2, 0) is 0 Å². The molecule has 1 aromatic heterocycles. The van der Waals surface area contributed by atoms with Gasteiger partial charge in [0.15, 0.2) is 11.5 Å². The van der Waals surface area contributed by atoms with Crippen molar-refractivity contribution in [2.75, 3.05) is 12.4 Å². The van der Waals surface area contributed by atoms with E-state index in [0.717, 1.165) is 0 Å². The van der Waals surface area contributed by atoms with E-state index in [2.05, 4.69) is 20.3 Å². The molecule has 1 unspecified atom stereocenters. The summed E-state index contributed by atoms with van der Waals surface area (Å²) in [7, 11) is 1.65. The number of anilines is 1. The summed E-state index contributed by atoms with van der Waals surface area (Å²) in [6.07, 6.45) is -0.788. The maximum Gasteiger partial charge on any atom is 0.197 e. The minimum Gasteiger partial charge on any atom is -0.369 e. The Hall–Kier alpha value is -1.18. The Kier molecular flexibility index (Phi) is 2.36. The molecule has 0 fully saturated rings. The number of aromatic nitrogens is 2. The van der Waals surface area contributed by atoms with Crippen molar-refractivity contribution in [3.05, 3.63) is 5.69 Å². The Morgan fingerprint density at radius 3 is 2.91 bits per heavy atom. The summed E-state index contributed by atoms with van der Waals surface area (Å²) in [6.45, 7) is 0. The molecule has 5 N–H and O–H groups in total. The maximum atomic E-state index is 8.41. The molecule has 0 aromatic carbocycles. The lowest BCUT2D eigenvalue weighted by molar-refractivity contribution is 0.125. The smallest absolute Gasteiger partial charge is 0.197 e. The molecule has 0 aliphatic rings. The summed E-state index contributed by atoms with van der Waals surface area (Å²) in [5, 5.41) is 18.0. The largest absolute Gasteiger partial charge is 0.369 e. The van der Waals surface area contributed by atoms with Crippen LogP contribution in [-0.4, -0.2) is 22.6 Å². The molecule has 1 atom stereocenters. The Labute approximate surface area is 62.5 Å². The summed E-state index contributed by atoms with van der Waals surface area (Å²) in [6, 6.07) is 0. The van der Waals surface area contributed by atoms with Gasteiger partial charge in [-0.1, -0.05) is 0 Å². The van der Waals surface area contributed by atoms with Crippen LogP contribution in [0.5, 0.6) is 0 Å². The summed E-state index contributed by atoms with van der Waals surface area (Å²) in [5.74, 6) is 0.402. The minimum absolute atomic E-state index is 0.329. The molecule has 0 saturated carbocycles. The molecule has 7 nitrogen and oxygen atoms in total. The molecule has 0 aliphatic heterocycles. The van der Waals surface area contributed by atoms with Crippen molar-refractivity contribution in [1.82, 2.24) is 15.8 Å². The van der Waals surface area contributed by atoms with Crippen molar-refractivity contribution in [1.29, 1.82) is 0 Å². The Morgan fingerprint density at radius 1 is 1.64 bits per heavy atom. The molecule has 1 rings (SSSR count). The second-order valence-electron chi connectivity index (χ2n) is 1.85. The van der Waals surface area contributed by atoms with Crippen LogP contribution in [0.15, 0.2) is 4.63 Å². The first-order valence-electron chi connectivity index (χ1n) is 2.95. The quantitative estimate of drug-likeness (QED) is 0.332. The van der Waals surface area contributed by atoms with Crippen molar-refractivity contribution in [2.24, 2.45) is 5.73 Å². The van der Waals surface area contributed by atoms with E-state index < -0.39 is 6.17 Å². The summed E-state index contributed by atoms with van der Waals surface area (Å²) in [4.78, 5) is 0. The van der Waals surface area contributed by atoms with Gasteiger partial charge >= 0.3 is 0 Å². The molecule has 7 heteroatoms. The molecule has 0 radical (unpaired) electrons. The van der Waals surface area contributed by atoms with Crippen molar-refractivity contribution < 1.29 is 9.84 Å². The van der Waals surface area contributed by atoms with Gasteiger partial charge in [-0.15, -0.1) is 0 Å². The molecule has 62 valence electrons. The van der Waals surface area contributed by atoms with E-state index in [-0.39, 0.29) is 0 Å². The number of nitrogens with one attached hydrogen (secondary N) is 2. The van der Waals surface area contributed by atoms with Crippen molar-refractivity contribution in [3.8, 4) is 0 Å². The molecule has 0 saturated heterocycles. The number of nitrogens with zero attached hydrogens (tertiary/aromatic N) is 2. The van der Waals surface area contributed by atoms with Gasteiger partial charge in [-0.3, -0.25) is 0 Å². The molecular weight excluding hydrogens is 150 g/mol. The van der Waals surface area contributed by atoms with Crippen LogP contribution in [0.4, 0.5) is 5.82 Å². The second-order valence-corrected chi connectivity index (χ2v) is 1.85. The third kappa shape index (κ3) is 1.45. The summed E-state index contributed by atoms with van der Waals surface area (Å²) in [5.41, 5.74) is 7.50. The van der Waals surface area contributed by atoms with E-state index >= 15 is 0 Å². The number of hydrogen-bond acceptors (Lipinski definition) is 7. The third-order valence-electron chi connectivity index (χ3n) is 1.18. The predicted octanol–water partition coefficient (Wildman–Crippen LogP) is -0.953. The molecule has 0 aliphatic carbocycles. The molecular formula is C4H9N5O2. The average molecular weight is 159 g/mol. The lowest BCUT2D eigenvalue weighted by atomic mass is 10.3. The lowest BCUT2D eigenvalue weighted by Gasteiger charge is -2.04. The Balaban J connectivity index is 2.83. The molecule has 1 heterocycles. The number of nitrogens with two attached hydrogens (primary N) is 1. The fraction of sp³-hybridized carbons (Fsp3) is 0.500. The van der Waals surface area contributed by atoms with Gasteiger partial charge in [-0.2, -0.15) is 5.48 Å². The zero-order chi connectivity index (χ0) is 8.27. The fourth-order valence-corrected chi connectivity index (χ4v) is 0.634. The number of hydrogen-bond donors (Lipinski definition) is 4. The molecule has 0 amide bonds. The summed E-state index contributed by atoms with van der Waals surface area (Å²) >= 11 is 0. The zero-order valence-corrected chi connectivity index (χ0v) is 5.90. The highest BCUT2D eigenvalue weighted by atomic mass is 16.6. The summed E-state index contributed by atoms with van der Waals surface area (Å²) < 4.78 is 4.37. The van der Waals surface area contributed by atoms with E-state index in [0.29, 0.717) is 11.5 Å². The maximum absolute atomic E-state index is 8.41. The standard InChI is InChI=1S/C4H9N5O2/c1-6-4-2(3(5)7-10)8-11-9-4/h3,7,10H,5H2,1H3,(H,6,9). The Morgan fingerprint density at radius 2 is 2.36 bits per heavy atom. The molecule has 0 spiro atoms. The third-order valence-corrected chi connectivity index (χ3v) is 1.18. The van der Waals surface area contributed by atoms with Gasteiger partial charge in [0, 0.05) is 7.05 Å². The lowest BCUT2D eigenvalue weighted by Crippen LogP contribution is -2.26. The fourth-order valence-electron chi connectivity index (χ4n) is 0.634. The van der Waals surface area contributed by atoms with Crippen LogP contribution in [0.1, 0.15) is 11.9 Å². The normalized spacial score (nSPS) is 13.0.